The summed E-state index contributed by atoms with van der Waals surface area (Å²) in [7, 11) is 0. The Hall–Kier alpha value is -1.02. The van der Waals surface area contributed by atoms with Crippen molar-refractivity contribution in [2.24, 2.45) is 0 Å². The van der Waals surface area contributed by atoms with Gasteiger partial charge in [0, 0.05) is 13.0 Å². The van der Waals surface area contributed by atoms with Crippen LogP contribution in [0.25, 0.3) is 11.0 Å². The summed E-state index contributed by atoms with van der Waals surface area (Å²) >= 11 is 0. The van der Waals surface area contributed by atoms with Gasteiger partial charge in [-0.1, -0.05) is 32.4 Å². The monoisotopic (exact) mass is 252 g/mol. The standard InChI is InChI=1S/C14H20N2.ClH/c1-3-5-11-16-13-10-7-6-9-12(13)15-14(16)8-4-2;/h6-7,9-10H,3-5,8,11H2,1-2H3;1H. The Labute approximate surface area is 109 Å². The number of unbranched alkanes of at least 4 members (excludes halogenated alkanes) is 1. The van der Waals surface area contributed by atoms with Gasteiger partial charge >= 0.3 is 0 Å². The molecule has 0 unspecified atom stereocenters. The van der Waals surface area contributed by atoms with Crippen molar-refractivity contribution in [1.29, 1.82) is 0 Å². The first-order chi connectivity index (χ1) is 7.86. The summed E-state index contributed by atoms with van der Waals surface area (Å²) in [5, 5.41) is 0. The summed E-state index contributed by atoms with van der Waals surface area (Å²) in [4.78, 5) is 4.72. The molecule has 1 heterocycles. The zero-order chi connectivity index (χ0) is 11.4. The lowest BCUT2D eigenvalue weighted by Crippen LogP contribution is -2.03. The first-order valence-electron chi connectivity index (χ1n) is 6.31. The molecule has 0 aliphatic heterocycles. The van der Waals surface area contributed by atoms with Gasteiger partial charge in [-0.15, -0.1) is 12.4 Å². The molecular weight excluding hydrogens is 232 g/mol. The summed E-state index contributed by atoms with van der Waals surface area (Å²) in [5.41, 5.74) is 2.43. The Morgan fingerprint density at radius 1 is 1.12 bits per heavy atom. The summed E-state index contributed by atoms with van der Waals surface area (Å²) in [6, 6.07) is 8.45. The van der Waals surface area contributed by atoms with Crippen molar-refractivity contribution in [2.45, 2.75) is 46.1 Å². The quantitative estimate of drug-likeness (QED) is 0.780. The average Bonchev–Trinajstić information content (AvgIpc) is 2.65. The third kappa shape index (κ3) is 3.01. The minimum absolute atomic E-state index is 0. The molecule has 1 aromatic heterocycles. The van der Waals surface area contributed by atoms with Gasteiger partial charge in [0.2, 0.25) is 0 Å². The second-order valence-corrected chi connectivity index (χ2v) is 4.27. The van der Waals surface area contributed by atoms with Gasteiger partial charge in [0.1, 0.15) is 5.82 Å². The van der Waals surface area contributed by atoms with E-state index in [2.05, 4.69) is 42.7 Å². The minimum atomic E-state index is 0. The van der Waals surface area contributed by atoms with Crippen molar-refractivity contribution >= 4 is 23.4 Å². The Morgan fingerprint density at radius 2 is 1.88 bits per heavy atom. The van der Waals surface area contributed by atoms with Crippen LogP contribution < -0.4 is 0 Å². The Balaban J connectivity index is 0.00000144. The van der Waals surface area contributed by atoms with E-state index < -0.39 is 0 Å². The predicted octanol–water partition coefficient (Wildman–Crippen LogP) is 4.21. The summed E-state index contributed by atoms with van der Waals surface area (Å²) in [5.74, 6) is 1.25. The zero-order valence-corrected chi connectivity index (χ0v) is 11.5. The summed E-state index contributed by atoms with van der Waals surface area (Å²) in [6.07, 6.45) is 4.71. The van der Waals surface area contributed by atoms with Crippen molar-refractivity contribution in [3.63, 3.8) is 0 Å². The third-order valence-electron chi connectivity index (χ3n) is 2.94. The van der Waals surface area contributed by atoms with Crippen LogP contribution in [0.15, 0.2) is 24.3 Å². The number of rotatable bonds is 5. The van der Waals surface area contributed by atoms with Crippen molar-refractivity contribution < 1.29 is 0 Å². The molecule has 94 valence electrons. The molecule has 2 nitrogen and oxygen atoms in total. The van der Waals surface area contributed by atoms with Crippen molar-refractivity contribution in [2.75, 3.05) is 0 Å². The van der Waals surface area contributed by atoms with Gasteiger partial charge in [-0.25, -0.2) is 4.98 Å². The fourth-order valence-corrected chi connectivity index (χ4v) is 2.11. The van der Waals surface area contributed by atoms with Gasteiger partial charge in [-0.2, -0.15) is 0 Å². The van der Waals surface area contributed by atoms with E-state index in [0.717, 1.165) is 24.9 Å². The highest BCUT2D eigenvalue weighted by Gasteiger charge is 2.08. The molecule has 0 N–H and O–H groups in total. The fourth-order valence-electron chi connectivity index (χ4n) is 2.11. The smallest absolute Gasteiger partial charge is 0.109 e. The largest absolute Gasteiger partial charge is 0.328 e. The lowest BCUT2D eigenvalue weighted by Gasteiger charge is -2.07. The molecule has 0 saturated heterocycles. The van der Waals surface area contributed by atoms with E-state index in [1.807, 2.05) is 0 Å². The molecule has 2 aromatic rings. The number of aryl methyl sites for hydroxylation is 2. The number of halogens is 1. The van der Waals surface area contributed by atoms with Gasteiger partial charge < -0.3 is 4.57 Å². The van der Waals surface area contributed by atoms with Crippen LogP contribution in [0.4, 0.5) is 0 Å². The maximum Gasteiger partial charge on any atom is 0.109 e. The first-order valence-corrected chi connectivity index (χ1v) is 6.31. The molecule has 0 aliphatic rings. The first kappa shape index (κ1) is 14.0. The molecule has 0 spiro atoms. The zero-order valence-electron chi connectivity index (χ0n) is 10.6. The average molecular weight is 253 g/mol. The van der Waals surface area contributed by atoms with Crippen LogP contribution in [0.5, 0.6) is 0 Å². The van der Waals surface area contributed by atoms with E-state index in [4.69, 9.17) is 4.98 Å². The van der Waals surface area contributed by atoms with E-state index >= 15 is 0 Å². The molecule has 17 heavy (non-hydrogen) atoms. The highest BCUT2D eigenvalue weighted by Crippen LogP contribution is 2.17. The summed E-state index contributed by atoms with van der Waals surface area (Å²) in [6.45, 7) is 5.55. The maximum absolute atomic E-state index is 4.72. The summed E-state index contributed by atoms with van der Waals surface area (Å²) < 4.78 is 2.39. The van der Waals surface area contributed by atoms with Crippen molar-refractivity contribution in [1.82, 2.24) is 9.55 Å². The van der Waals surface area contributed by atoms with Crippen LogP contribution in [0, 0.1) is 0 Å². The molecule has 3 heteroatoms. The molecule has 1 aromatic carbocycles. The van der Waals surface area contributed by atoms with Crippen LogP contribution in [0.3, 0.4) is 0 Å². The molecule has 0 atom stereocenters. The SMILES string of the molecule is CCCCn1c(CCC)nc2ccccc21.Cl. The fraction of sp³-hybridized carbons (Fsp3) is 0.500. The molecule has 0 aliphatic carbocycles. The topological polar surface area (TPSA) is 17.8 Å². The number of hydrogen-bond donors (Lipinski definition) is 0. The van der Waals surface area contributed by atoms with Gasteiger partial charge in [0.15, 0.2) is 0 Å². The van der Waals surface area contributed by atoms with Crippen LogP contribution in [0.2, 0.25) is 0 Å². The minimum Gasteiger partial charge on any atom is -0.328 e. The molecule has 0 fully saturated rings. The molecule has 2 rings (SSSR count). The van der Waals surface area contributed by atoms with Crippen LogP contribution in [-0.2, 0) is 13.0 Å². The normalized spacial score (nSPS) is 10.5. The lowest BCUT2D eigenvalue weighted by atomic mass is 10.3. The highest BCUT2D eigenvalue weighted by atomic mass is 35.5. The Bertz CT molecular complexity index is 462. The highest BCUT2D eigenvalue weighted by molar-refractivity contribution is 5.85. The second kappa shape index (κ2) is 6.65. The Kier molecular flexibility index (Phi) is 5.49. The van der Waals surface area contributed by atoms with Crippen LogP contribution in [-0.4, -0.2) is 9.55 Å². The second-order valence-electron chi connectivity index (χ2n) is 4.27. The predicted molar refractivity (Wildman–Crippen MR) is 75.9 cm³/mol. The number of fused-ring (bicyclic) bond motifs is 1. The Morgan fingerprint density at radius 3 is 2.59 bits per heavy atom. The number of benzene rings is 1. The van der Waals surface area contributed by atoms with E-state index in [1.54, 1.807) is 0 Å². The van der Waals surface area contributed by atoms with Crippen molar-refractivity contribution in [3.05, 3.63) is 30.1 Å². The molecular formula is C14H21ClN2. The van der Waals surface area contributed by atoms with Crippen LogP contribution in [0.1, 0.15) is 38.9 Å². The van der Waals surface area contributed by atoms with E-state index in [1.165, 1.54) is 24.2 Å². The number of nitrogens with zero attached hydrogens (tertiary/aromatic N) is 2. The number of imidazole rings is 1. The van der Waals surface area contributed by atoms with E-state index in [0.29, 0.717) is 0 Å². The van der Waals surface area contributed by atoms with Gasteiger partial charge in [-0.3, -0.25) is 0 Å². The number of para-hydroxylation sites is 2. The van der Waals surface area contributed by atoms with Crippen molar-refractivity contribution in [3.8, 4) is 0 Å². The van der Waals surface area contributed by atoms with E-state index in [-0.39, 0.29) is 12.4 Å². The molecule has 0 bridgehead atoms. The maximum atomic E-state index is 4.72. The van der Waals surface area contributed by atoms with Gasteiger partial charge in [0.05, 0.1) is 11.0 Å². The molecule has 0 saturated carbocycles. The number of aromatic nitrogens is 2. The molecule has 0 radical (unpaired) electrons. The van der Waals surface area contributed by atoms with E-state index in [9.17, 15) is 0 Å². The number of hydrogen-bond acceptors (Lipinski definition) is 1. The lowest BCUT2D eigenvalue weighted by molar-refractivity contribution is 0.611. The van der Waals surface area contributed by atoms with Gasteiger partial charge in [-0.05, 0) is 25.0 Å². The third-order valence-corrected chi connectivity index (χ3v) is 2.94. The van der Waals surface area contributed by atoms with Crippen LogP contribution >= 0.6 is 12.4 Å². The molecule has 0 amide bonds. The van der Waals surface area contributed by atoms with Gasteiger partial charge in [0.25, 0.3) is 0 Å².